The predicted octanol–water partition coefficient (Wildman–Crippen LogP) is 2.11. The van der Waals surface area contributed by atoms with Crippen LogP contribution in [0.2, 0.25) is 0 Å². The van der Waals surface area contributed by atoms with Crippen LogP contribution < -0.4 is 5.32 Å². The van der Waals surface area contributed by atoms with Crippen molar-refractivity contribution in [2.24, 2.45) is 0 Å². The van der Waals surface area contributed by atoms with E-state index in [2.05, 4.69) is 21.6 Å². The van der Waals surface area contributed by atoms with Crippen molar-refractivity contribution in [2.45, 2.75) is 38.2 Å². The van der Waals surface area contributed by atoms with Crippen LogP contribution in [0.4, 0.5) is 5.82 Å². The second-order valence-corrected chi connectivity index (χ2v) is 4.46. The van der Waals surface area contributed by atoms with E-state index in [9.17, 15) is 0 Å². The molecule has 0 radical (unpaired) electrons. The zero-order valence-electron chi connectivity index (χ0n) is 10.4. The van der Waals surface area contributed by atoms with Crippen LogP contribution in [0.5, 0.6) is 0 Å². The van der Waals surface area contributed by atoms with E-state index in [0.29, 0.717) is 30.6 Å². The largest absolute Gasteiger partial charge is 0.376 e. The van der Waals surface area contributed by atoms with Gasteiger partial charge in [-0.15, -0.1) is 5.10 Å². The predicted molar refractivity (Wildman–Crippen MR) is 68.1 cm³/mol. The quantitative estimate of drug-likeness (QED) is 0.806. The van der Waals surface area contributed by atoms with E-state index in [1.54, 1.807) is 6.07 Å². The van der Waals surface area contributed by atoms with Crippen molar-refractivity contribution in [3.8, 4) is 6.07 Å². The van der Waals surface area contributed by atoms with Crippen molar-refractivity contribution in [3.63, 3.8) is 0 Å². The van der Waals surface area contributed by atoms with Crippen LogP contribution in [0.3, 0.4) is 0 Å². The van der Waals surface area contributed by atoms with Crippen molar-refractivity contribution in [1.82, 2.24) is 10.2 Å². The third-order valence-corrected chi connectivity index (χ3v) is 3.14. The van der Waals surface area contributed by atoms with Gasteiger partial charge >= 0.3 is 0 Å². The van der Waals surface area contributed by atoms with Gasteiger partial charge in [-0.25, -0.2) is 0 Å². The maximum atomic E-state index is 8.89. The topological polar surface area (TPSA) is 70.8 Å². The molecular formula is C13H18N4O. The molecule has 0 spiro atoms. The van der Waals surface area contributed by atoms with Gasteiger partial charge in [-0.1, -0.05) is 19.3 Å². The van der Waals surface area contributed by atoms with E-state index in [4.69, 9.17) is 10.00 Å². The average Bonchev–Trinajstić information content (AvgIpc) is 2.45. The first-order valence-electron chi connectivity index (χ1n) is 6.47. The highest BCUT2D eigenvalue weighted by molar-refractivity contribution is 5.49. The fourth-order valence-corrected chi connectivity index (χ4v) is 2.18. The van der Waals surface area contributed by atoms with Crippen LogP contribution in [0.1, 0.15) is 37.7 Å². The molecule has 96 valence electrons. The van der Waals surface area contributed by atoms with Gasteiger partial charge < -0.3 is 10.1 Å². The van der Waals surface area contributed by atoms with Gasteiger partial charge in [0.25, 0.3) is 0 Å². The summed E-state index contributed by atoms with van der Waals surface area (Å²) in [6, 6.07) is 3.73. The molecule has 1 aromatic heterocycles. The first-order valence-corrected chi connectivity index (χ1v) is 6.47. The summed E-state index contributed by atoms with van der Waals surface area (Å²) in [7, 11) is 0. The molecule has 5 nitrogen and oxygen atoms in total. The Labute approximate surface area is 107 Å². The van der Waals surface area contributed by atoms with Crippen molar-refractivity contribution in [3.05, 3.63) is 17.8 Å². The summed E-state index contributed by atoms with van der Waals surface area (Å²) in [5.74, 6) is 0.534. The second-order valence-electron chi connectivity index (χ2n) is 4.46. The number of nitriles is 1. The number of rotatable bonds is 5. The molecular weight excluding hydrogens is 228 g/mol. The summed E-state index contributed by atoms with van der Waals surface area (Å²) in [5.41, 5.74) is 0.516. The third kappa shape index (κ3) is 3.67. The van der Waals surface area contributed by atoms with Crippen LogP contribution >= 0.6 is 0 Å². The van der Waals surface area contributed by atoms with E-state index in [1.807, 2.05) is 0 Å². The minimum Gasteiger partial charge on any atom is -0.376 e. The van der Waals surface area contributed by atoms with E-state index in [0.717, 1.165) is 0 Å². The summed E-state index contributed by atoms with van der Waals surface area (Å²) in [4.78, 5) is 0. The molecule has 1 heterocycles. The first kappa shape index (κ1) is 12.8. The lowest BCUT2D eigenvalue weighted by Gasteiger charge is -2.22. The number of anilines is 1. The molecule has 1 N–H and O–H groups in total. The Morgan fingerprint density at radius 1 is 1.39 bits per heavy atom. The third-order valence-electron chi connectivity index (χ3n) is 3.14. The van der Waals surface area contributed by atoms with Gasteiger partial charge in [0.2, 0.25) is 0 Å². The molecule has 0 aliphatic heterocycles. The summed E-state index contributed by atoms with van der Waals surface area (Å²) in [5, 5.41) is 19.6. The number of nitrogens with zero attached hydrogens (tertiary/aromatic N) is 3. The Kier molecular flexibility index (Phi) is 4.91. The van der Waals surface area contributed by atoms with Crippen LogP contribution in [-0.4, -0.2) is 29.5 Å². The lowest BCUT2D eigenvalue weighted by Crippen LogP contribution is -2.21. The second kappa shape index (κ2) is 6.92. The Hall–Kier alpha value is -1.67. The molecule has 0 bridgehead atoms. The number of aromatic nitrogens is 2. The molecule has 1 saturated carbocycles. The Bertz CT molecular complexity index is 410. The van der Waals surface area contributed by atoms with Gasteiger partial charge in [0, 0.05) is 6.54 Å². The Balaban J connectivity index is 1.70. The average molecular weight is 246 g/mol. The minimum absolute atomic E-state index is 0.415. The number of hydrogen-bond acceptors (Lipinski definition) is 5. The lowest BCUT2D eigenvalue weighted by atomic mass is 9.98. The Morgan fingerprint density at radius 3 is 3.00 bits per heavy atom. The molecule has 0 unspecified atom stereocenters. The van der Waals surface area contributed by atoms with Crippen LogP contribution in [0, 0.1) is 11.3 Å². The van der Waals surface area contributed by atoms with Gasteiger partial charge in [0.05, 0.1) is 24.5 Å². The van der Waals surface area contributed by atoms with Gasteiger partial charge in [0.15, 0.2) is 5.82 Å². The molecule has 1 aromatic rings. The van der Waals surface area contributed by atoms with Gasteiger partial charge in [0.1, 0.15) is 6.07 Å². The van der Waals surface area contributed by atoms with Crippen molar-refractivity contribution in [1.29, 1.82) is 5.26 Å². The highest BCUT2D eigenvalue weighted by Gasteiger charge is 2.13. The standard InChI is InChI=1S/C13H18N4O/c14-10-11-6-7-16-17-13(11)15-8-9-18-12-4-2-1-3-5-12/h6-7,12H,1-5,8-9H2,(H,15,17). The number of ether oxygens (including phenoxy) is 1. The number of hydrogen-bond donors (Lipinski definition) is 1. The fourth-order valence-electron chi connectivity index (χ4n) is 2.18. The lowest BCUT2D eigenvalue weighted by molar-refractivity contribution is 0.0347. The van der Waals surface area contributed by atoms with Gasteiger partial charge in [-0.3, -0.25) is 0 Å². The summed E-state index contributed by atoms with van der Waals surface area (Å²) in [6.07, 6.45) is 8.17. The van der Waals surface area contributed by atoms with Crippen molar-refractivity contribution >= 4 is 5.82 Å². The van der Waals surface area contributed by atoms with Crippen molar-refractivity contribution < 1.29 is 4.74 Å². The van der Waals surface area contributed by atoms with E-state index in [-0.39, 0.29) is 0 Å². The molecule has 2 rings (SSSR count). The van der Waals surface area contributed by atoms with Crippen LogP contribution in [0.25, 0.3) is 0 Å². The molecule has 0 amide bonds. The molecule has 1 aliphatic carbocycles. The zero-order chi connectivity index (χ0) is 12.6. The van der Waals surface area contributed by atoms with E-state index >= 15 is 0 Å². The zero-order valence-corrected chi connectivity index (χ0v) is 10.4. The maximum absolute atomic E-state index is 8.89. The molecule has 1 aliphatic rings. The highest BCUT2D eigenvalue weighted by Crippen LogP contribution is 2.20. The molecule has 18 heavy (non-hydrogen) atoms. The van der Waals surface area contributed by atoms with Gasteiger partial charge in [-0.05, 0) is 18.9 Å². The van der Waals surface area contributed by atoms with Crippen molar-refractivity contribution in [2.75, 3.05) is 18.5 Å². The SMILES string of the molecule is N#Cc1ccnnc1NCCOC1CCCCC1. The van der Waals surface area contributed by atoms with E-state index < -0.39 is 0 Å². The molecule has 1 fully saturated rings. The number of nitrogens with one attached hydrogen (secondary N) is 1. The Morgan fingerprint density at radius 2 is 2.22 bits per heavy atom. The first-order chi connectivity index (χ1) is 8.90. The molecule has 0 atom stereocenters. The summed E-state index contributed by atoms with van der Waals surface area (Å²) in [6.45, 7) is 1.30. The monoisotopic (exact) mass is 246 g/mol. The summed E-state index contributed by atoms with van der Waals surface area (Å²) < 4.78 is 5.78. The van der Waals surface area contributed by atoms with Gasteiger partial charge in [-0.2, -0.15) is 10.4 Å². The highest BCUT2D eigenvalue weighted by atomic mass is 16.5. The molecule has 0 aromatic carbocycles. The molecule has 0 saturated heterocycles. The summed E-state index contributed by atoms with van der Waals surface area (Å²) >= 11 is 0. The molecule has 5 heteroatoms. The van der Waals surface area contributed by atoms with Crippen LogP contribution in [-0.2, 0) is 4.74 Å². The maximum Gasteiger partial charge on any atom is 0.166 e. The van der Waals surface area contributed by atoms with Crippen LogP contribution in [0.15, 0.2) is 12.3 Å². The smallest absolute Gasteiger partial charge is 0.166 e. The fraction of sp³-hybridized carbons (Fsp3) is 0.615. The minimum atomic E-state index is 0.415. The normalized spacial score (nSPS) is 16.2. The van der Waals surface area contributed by atoms with E-state index in [1.165, 1.54) is 38.3 Å².